The van der Waals surface area contributed by atoms with Crippen LogP contribution in [0.1, 0.15) is 39.7 Å². The Balaban J connectivity index is 2.11. The molecule has 26 heavy (non-hydrogen) atoms. The lowest BCUT2D eigenvalue weighted by Crippen LogP contribution is -2.10. The predicted molar refractivity (Wildman–Crippen MR) is 93.4 cm³/mol. The molecule has 0 fully saturated rings. The molecule has 0 aliphatic heterocycles. The molecule has 136 valence electrons. The summed E-state index contributed by atoms with van der Waals surface area (Å²) in [7, 11) is 0. The van der Waals surface area contributed by atoms with E-state index in [1.165, 1.54) is 18.2 Å². The van der Waals surface area contributed by atoms with E-state index in [0.29, 0.717) is 17.8 Å². The molecule has 0 bridgehead atoms. The molecule has 0 radical (unpaired) electrons. The van der Waals surface area contributed by atoms with E-state index in [2.05, 4.69) is 0 Å². The molecule has 0 unspecified atom stereocenters. The molecule has 2 N–H and O–H groups in total. The van der Waals surface area contributed by atoms with Crippen molar-refractivity contribution in [2.24, 2.45) is 5.73 Å². The maximum atomic E-state index is 13.3. The van der Waals surface area contributed by atoms with E-state index in [1.807, 2.05) is 6.92 Å². The fourth-order valence-electron chi connectivity index (χ4n) is 3.02. The Bertz CT molecular complexity index is 992. The Morgan fingerprint density at radius 2 is 1.92 bits per heavy atom. The summed E-state index contributed by atoms with van der Waals surface area (Å²) >= 11 is 5.73. The van der Waals surface area contributed by atoms with Gasteiger partial charge in [-0.3, -0.25) is 4.79 Å². The van der Waals surface area contributed by atoms with E-state index in [0.717, 1.165) is 17.0 Å². The number of aryl methyl sites for hydroxylation is 1. The first-order valence-corrected chi connectivity index (χ1v) is 8.28. The maximum Gasteiger partial charge on any atom is 0.416 e. The molecule has 1 heterocycles. The quantitative estimate of drug-likeness (QED) is 0.661. The Morgan fingerprint density at radius 3 is 2.54 bits per heavy atom. The topological polar surface area (TPSA) is 56.2 Å². The number of carbonyl (C=O) groups excluding carboxylic acids is 1. The van der Waals surface area contributed by atoms with Crippen molar-refractivity contribution in [1.29, 1.82) is 0 Å². The smallest absolute Gasteiger partial charge is 0.416 e. The van der Waals surface area contributed by atoms with E-state index in [1.54, 1.807) is 12.1 Å². The van der Waals surface area contributed by atoms with Crippen LogP contribution in [-0.4, -0.2) is 5.91 Å². The minimum atomic E-state index is -4.52. The SMILES string of the molecule is CCc1c(Cc2ccc(Cl)cc2C(F)(F)F)oc2cc(C(N)=O)ccc12. The molecule has 3 aromatic rings. The van der Waals surface area contributed by atoms with E-state index in [4.69, 9.17) is 21.8 Å². The number of fused-ring (bicyclic) bond motifs is 1. The molecule has 3 rings (SSSR count). The molecule has 1 amide bonds. The minimum Gasteiger partial charge on any atom is -0.460 e. The molecule has 1 aromatic heterocycles. The number of rotatable bonds is 4. The zero-order chi connectivity index (χ0) is 19.1. The van der Waals surface area contributed by atoms with Crippen molar-refractivity contribution >= 4 is 28.5 Å². The number of nitrogens with two attached hydrogens (primary N) is 1. The van der Waals surface area contributed by atoms with Crippen molar-refractivity contribution in [3.8, 4) is 0 Å². The number of furan rings is 1. The van der Waals surface area contributed by atoms with Gasteiger partial charge in [0.1, 0.15) is 11.3 Å². The summed E-state index contributed by atoms with van der Waals surface area (Å²) in [6.07, 6.45) is -3.97. The average Bonchev–Trinajstić information content (AvgIpc) is 2.91. The third-order valence-electron chi connectivity index (χ3n) is 4.24. The normalized spacial score (nSPS) is 11.9. The highest BCUT2D eigenvalue weighted by Crippen LogP contribution is 2.36. The summed E-state index contributed by atoms with van der Waals surface area (Å²) in [5.41, 5.74) is 6.07. The summed E-state index contributed by atoms with van der Waals surface area (Å²) in [5.74, 6) is -0.170. The van der Waals surface area contributed by atoms with Gasteiger partial charge < -0.3 is 10.2 Å². The van der Waals surface area contributed by atoms with E-state index < -0.39 is 17.6 Å². The zero-order valence-corrected chi connectivity index (χ0v) is 14.5. The van der Waals surface area contributed by atoms with Crippen LogP contribution in [-0.2, 0) is 19.0 Å². The molecule has 0 atom stereocenters. The number of halogens is 4. The third kappa shape index (κ3) is 3.42. The monoisotopic (exact) mass is 381 g/mol. The number of carbonyl (C=O) groups is 1. The molecular formula is C19H15ClF3NO2. The van der Waals surface area contributed by atoms with Gasteiger partial charge in [0.05, 0.1) is 5.56 Å². The van der Waals surface area contributed by atoms with Gasteiger partial charge in [-0.2, -0.15) is 13.2 Å². The minimum absolute atomic E-state index is 0.0208. The summed E-state index contributed by atoms with van der Waals surface area (Å²) < 4.78 is 45.7. The summed E-state index contributed by atoms with van der Waals surface area (Å²) in [5, 5.41) is 0.780. The van der Waals surface area contributed by atoms with Gasteiger partial charge in [-0.15, -0.1) is 0 Å². The van der Waals surface area contributed by atoms with Crippen LogP contribution >= 0.6 is 11.6 Å². The van der Waals surface area contributed by atoms with Crippen LogP contribution in [0.4, 0.5) is 13.2 Å². The van der Waals surface area contributed by atoms with Gasteiger partial charge in [0.2, 0.25) is 5.91 Å². The lowest BCUT2D eigenvalue weighted by atomic mass is 9.99. The second-order valence-electron chi connectivity index (χ2n) is 5.91. The molecule has 7 heteroatoms. The first kappa shape index (κ1) is 18.3. The third-order valence-corrected chi connectivity index (χ3v) is 4.48. The van der Waals surface area contributed by atoms with Gasteiger partial charge in [-0.1, -0.05) is 30.7 Å². The fourth-order valence-corrected chi connectivity index (χ4v) is 3.20. The average molecular weight is 382 g/mol. The number of alkyl halides is 3. The Kier molecular flexibility index (Phi) is 4.71. The molecule has 0 aliphatic rings. The van der Waals surface area contributed by atoms with Crippen LogP contribution in [0.15, 0.2) is 40.8 Å². The van der Waals surface area contributed by atoms with E-state index >= 15 is 0 Å². The highest BCUT2D eigenvalue weighted by atomic mass is 35.5. The molecule has 2 aromatic carbocycles. The van der Waals surface area contributed by atoms with Gasteiger partial charge in [0.25, 0.3) is 0 Å². The van der Waals surface area contributed by atoms with Crippen LogP contribution in [0.25, 0.3) is 11.0 Å². The number of primary amides is 1. The number of hydrogen-bond donors (Lipinski definition) is 1. The lowest BCUT2D eigenvalue weighted by Gasteiger charge is -2.13. The highest BCUT2D eigenvalue weighted by molar-refractivity contribution is 6.30. The number of benzene rings is 2. The van der Waals surface area contributed by atoms with Crippen molar-refractivity contribution in [2.75, 3.05) is 0 Å². The second-order valence-corrected chi connectivity index (χ2v) is 6.34. The summed E-state index contributed by atoms with van der Waals surface area (Å²) in [6.45, 7) is 1.89. The van der Waals surface area contributed by atoms with Gasteiger partial charge >= 0.3 is 6.18 Å². The van der Waals surface area contributed by atoms with Crippen molar-refractivity contribution in [3.63, 3.8) is 0 Å². The molecule has 0 aliphatic carbocycles. The molecular weight excluding hydrogens is 367 g/mol. The zero-order valence-electron chi connectivity index (χ0n) is 13.8. The second kappa shape index (κ2) is 6.68. The number of hydrogen-bond acceptors (Lipinski definition) is 2. The Labute approximate surface area is 152 Å². The first-order chi connectivity index (χ1) is 12.2. The van der Waals surface area contributed by atoms with Gasteiger partial charge in [0, 0.05) is 28.0 Å². The van der Waals surface area contributed by atoms with Gasteiger partial charge in [-0.05, 0) is 36.2 Å². The van der Waals surface area contributed by atoms with Crippen LogP contribution < -0.4 is 5.73 Å². The van der Waals surface area contributed by atoms with Gasteiger partial charge in [-0.25, -0.2) is 0 Å². The van der Waals surface area contributed by atoms with Crippen molar-refractivity contribution in [3.05, 3.63) is 69.4 Å². The van der Waals surface area contributed by atoms with Crippen molar-refractivity contribution < 1.29 is 22.4 Å². The van der Waals surface area contributed by atoms with Crippen LogP contribution in [0, 0.1) is 0 Å². The van der Waals surface area contributed by atoms with Crippen LogP contribution in [0.2, 0.25) is 5.02 Å². The molecule has 3 nitrogen and oxygen atoms in total. The fraction of sp³-hybridized carbons (Fsp3) is 0.211. The first-order valence-electron chi connectivity index (χ1n) is 7.90. The van der Waals surface area contributed by atoms with Crippen molar-refractivity contribution in [2.45, 2.75) is 25.9 Å². The standard InChI is InChI=1S/C19H15ClF3NO2/c1-2-13-14-6-4-11(18(24)25)8-17(14)26-16(13)7-10-3-5-12(20)9-15(10)19(21,22)23/h3-6,8-9H,2,7H2,1H3,(H2,24,25). The Morgan fingerprint density at radius 1 is 1.19 bits per heavy atom. The lowest BCUT2D eigenvalue weighted by molar-refractivity contribution is -0.138. The molecule has 0 spiro atoms. The van der Waals surface area contributed by atoms with E-state index in [9.17, 15) is 18.0 Å². The molecule has 0 saturated heterocycles. The summed E-state index contributed by atoms with van der Waals surface area (Å²) in [4.78, 5) is 11.3. The van der Waals surface area contributed by atoms with E-state index in [-0.39, 0.29) is 22.6 Å². The van der Waals surface area contributed by atoms with Crippen LogP contribution in [0.5, 0.6) is 0 Å². The highest BCUT2D eigenvalue weighted by Gasteiger charge is 2.34. The summed E-state index contributed by atoms with van der Waals surface area (Å²) in [6, 6.07) is 8.47. The van der Waals surface area contributed by atoms with Crippen molar-refractivity contribution in [1.82, 2.24) is 0 Å². The van der Waals surface area contributed by atoms with Crippen LogP contribution in [0.3, 0.4) is 0 Å². The van der Waals surface area contributed by atoms with Gasteiger partial charge in [0.15, 0.2) is 0 Å². The largest absolute Gasteiger partial charge is 0.460 e. The molecule has 0 saturated carbocycles. The number of amides is 1. The maximum absolute atomic E-state index is 13.3. The predicted octanol–water partition coefficient (Wildman–Crippen LogP) is 5.36. The Hall–Kier alpha value is -2.47.